The van der Waals surface area contributed by atoms with Crippen molar-refractivity contribution < 1.29 is 4.42 Å². The minimum Gasteiger partial charge on any atom is -0.439 e. The standard InChI is InChI=1S/C18H14ClN3OS/c1-11-22-15-6-5-14(8-17(15)24-11)20-10-18-21-9-16(23-18)12-3-2-4-13(19)7-12/h2-9,20H,10H2,1H3. The van der Waals surface area contributed by atoms with Gasteiger partial charge in [0, 0.05) is 16.3 Å². The topological polar surface area (TPSA) is 51.0 Å². The maximum absolute atomic E-state index is 6.01. The number of anilines is 1. The second kappa shape index (κ2) is 6.26. The minimum absolute atomic E-state index is 0.518. The molecule has 0 radical (unpaired) electrons. The fourth-order valence-electron chi connectivity index (χ4n) is 2.49. The lowest BCUT2D eigenvalue weighted by molar-refractivity contribution is 0.516. The Morgan fingerprint density at radius 1 is 1.21 bits per heavy atom. The van der Waals surface area contributed by atoms with E-state index in [-0.39, 0.29) is 0 Å². The minimum atomic E-state index is 0.518. The van der Waals surface area contributed by atoms with Gasteiger partial charge in [-0.15, -0.1) is 11.3 Å². The van der Waals surface area contributed by atoms with Gasteiger partial charge in [0.15, 0.2) is 5.76 Å². The number of nitrogens with zero attached hydrogens (tertiary/aromatic N) is 2. The molecule has 4 nitrogen and oxygen atoms in total. The molecule has 0 unspecified atom stereocenters. The summed E-state index contributed by atoms with van der Waals surface area (Å²) in [6.07, 6.45) is 1.72. The molecule has 6 heteroatoms. The number of oxazole rings is 1. The lowest BCUT2D eigenvalue weighted by Crippen LogP contribution is -1.98. The van der Waals surface area contributed by atoms with E-state index in [9.17, 15) is 0 Å². The highest BCUT2D eigenvalue weighted by atomic mass is 35.5. The molecule has 4 aromatic rings. The number of fused-ring (bicyclic) bond motifs is 1. The number of hydrogen-bond acceptors (Lipinski definition) is 5. The molecule has 2 aromatic carbocycles. The molecule has 0 fully saturated rings. The third kappa shape index (κ3) is 3.13. The van der Waals surface area contributed by atoms with Crippen LogP contribution in [0.4, 0.5) is 5.69 Å². The number of nitrogens with one attached hydrogen (secondary N) is 1. The van der Waals surface area contributed by atoms with E-state index in [1.54, 1.807) is 17.5 Å². The van der Waals surface area contributed by atoms with E-state index < -0.39 is 0 Å². The molecule has 0 aliphatic carbocycles. The molecule has 2 heterocycles. The monoisotopic (exact) mass is 355 g/mol. The number of halogens is 1. The van der Waals surface area contributed by atoms with E-state index in [0.29, 0.717) is 23.2 Å². The van der Waals surface area contributed by atoms with Gasteiger partial charge in [0.25, 0.3) is 0 Å². The summed E-state index contributed by atoms with van der Waals surface area (Å²) in [5.41, 5.74) is 2.97. The molecule has 0 saturated heterocycles. The van der Waals surface area contributed by atoms with Crippen LogP contribution in [0.15, 0.2) is 53.1 Å². The lowest BCUT2D eigenvalue weighted by Gasteiger charge is -2.03. The van der Waals surface area contributed by atoms with Crippen LogP contribution < -0.4 is 5.32 Å². The lowest BCUT2D eigenvalue weighted by atomic mass is 10.2. The van der Waals surface area contributed by atoms with Gasteiger partial charge in [0.2, 0.25) is 5.89 Å². The summed E-state index contributed by atoms with van der Waals surface area (Å²) in [6, 6.07) is 13.7. The first kappa shape index (κ1) is 15.2. The Morgan fingerprint density at radius 3 is 3.00 bits per heavy atom. The third-order valence-electron chi connectivity index (χ3n) is 3.60. The molecule has 0 bridgehead atoms. The smallest absolute Gasteiger partial charge is 0.214 e. The largest absolute Gasteiger partial charge is 0.439 e. The molecule has 24 heavy (non-hydrogen) atoms. The van der Waals surface area contributed by atoms with Gasteiger partial charge in [-0.3, -0.25) is 0 Å². The Morgan fingerprint density at radius 2 is 2.12 bits per heavy atom. The number of aryl methyl sites for hydroxylation is 1. The van der Waals surface area contributed by atoms with Crippen molar-refractivity contribution in [2.75, 3.05) is 5.32 Å². The van der Waals surface area contributed by atoms with E-state index in [1.807, 2.05) is 43.3 Å². The Balaban J connectivity index is 1.49. The van der Waals surface area contributed by atoms with Gasteiger partial charge in [-0.2, -0.15) is 0 Å². The van der Waals surface area contributed by atoms with Crippen LogP contribution >= 0.6 is 22.9 Å². The van der Waals surface area contributed by atoms with E-state index in [2.05, 4.69) is 21.4 Å². The molecular weight excluding hydrogens is 342 g/mol. The van der Waals surface area contributed by atoms with Crippen molar-refractivity contribution in [3.63, 3.8) is 0 Å². The van der Waals surface area contributed by atoms with E-state index in [1.165, 1.54) is 4.70 Å². The summed E-state index contributed by atoms with van der Waals surface area (Å²) in [7, 11) is 0. The Labute approximate surface area is 148 Å². The van der Waals surface area contributed by atoms with Crippen LogP contribution in [0, 0.1) is 6.92 Å². The summed E-state index contributed by atoms with van der Waals surface area (Å²) in [6.45, 7) is 2.53. The molecule has 0 atom stereocenters. The molecule has 2 aromatic heterocycles. The molecule has 4 rings (SSSR count). The second-order valence-electron chi connectivity index (χ2n) is 5.40. The summed E-state index contributed by atoms with van der Waals surface area (Å²) in [5.74, 6) is 1.34. The van der Waals surface area contributed by atoms with Crippen molar-refractivity contribution in [2.45, 2.75) is 13.5 Å². The van der Waals surface area contributed by atoms with Gasteiger partial charge in [0.1, 0.15) is 0 Å². The molecule has 0 spiro atoms. The predicted molar refractivity (Wildman–Crippen MR) is 98.6 cm³/mol. The maximum atomic E-state index is 6.01. The number of rotatable bonds is 4. The van der Waals surface area contributed by atoms with Crippen molar-refractivity contribution in [3.05, 3.63) is 64.6 Å². The van der Waals surface area contributed by atoms with Crippen LogP contribution in [0.5, 0.6) is 0 Å². The second-order valence-corrected chi connectivity index (χ2v) is 7.07. The maximum Gasteiger partial charge on any atom is 0.214 e. The molecule has 0 aliphatic rings. The quantitative estimate of drug-likeness (QED) is 0.523. The van der Waals surface area contributed by atoms with Crippen molar-refractivity contribution in [1.29, 1.82) is 0 Å². The summed E-state index contributed by atoms with van der Waals surface area (Å²) in [5, 5.41) is 5.08. The van der Waals surface area contributed by atoms with E-state index in [4.69, 9.17) is 16.0 Å². The van der Waals surface area contributed by atoms with Gasteiger partial charge in [-0.25, -0.2) is 9.97 Å². The predicted octanol–water partition coefficient (Wildman–Crippen LogP) is 5.53. The molecule has 120 valence electrons. The zero-order valence-corrected chi connectivity index (χ0v) is 14.5. The molecule has 1 N–H and O–H groups in total. The molecule has 0 amide bonds. The Bertz CT molecular complexity index is 1010. The van der Waals surface area contributed by atoms with Crippen LogP contribution in [-0.4, -0.2) is 9.97 Å². The van der Waals surface area contributed by atoms with E-state index >= 15 is 0 Å². The Kier molecular flexibility index (Phi) is 3.96. The first-order chi connectivity index (χ1) is 11.7. The normalized spacial score (nSPS) is 11.1. The highest BCUT2D eigenvalue weighted by Gasteiger charge is 2.07. The van der Waals surface area contributed by atoms with Crippen molar-refractivity contribution in [2.24, 2.45) is 0 Å². The fourth-order valence-corrected chi connectivity index (χ4v) is 3.55. The van der Waals surface area contributed by atoms with Gasteiger partial charge in [0.05, 0.1) is 28.0 Å². The van der Waals surface area contributed by atoms with Gasteiger partial charge in [-0.05, 0) is 37.3 Å². The molecule has 0 saturated carbocycles. The number of hydrogen-bond donors (Lipinski definition) is 1. The van der Waals surface area contributed by atoms with Crippen molar-refractivity contribution in [1.82, 2.24) is 9.97 Å². The highest BCUT2D eigenvalue weighted by Crippen LogP contribution is 2.26. The van der Waals surface area contributed by atoms with Crippen LogP contribution in [0.25, 0.3) is 21.5 Å². The third-order valence-corrected chi connectivity index (χ3v) is 4.77. The SMILES string of the molecule is Cc1nc2ccc(NCc3ncc(-c4cccc(Cl)c4)o3)cc2s1. The van der Waals surface area contributed by atoms with Crippen LogP contribution in [-0.2, 0) is 6.54 Å². The molecular formula is C18H14ClN3OS. The number of thiazole rings is 1. The summed E-state index contributed by atoms with van der Waals surface area (Å²) in [4.78, 5) is 8.79. The highest BCUT2D eigenvalue weighted by molar-refractivity contribution is 7.18. The summed E-state index contributed by atoms with van der Waals surface area (Å²) < 4.78 is 6.97. The van der Waals surface area contributed by atoms with Crippen LogP contribution in [0.1, 0.15) is 10.9 Å². The van der Waals surface area contributed by atoms with Crippen LogP contribution in [0.3, 0.4) is 0 Å². The van der Waals surface area contributed by atoms with E-state index in [0.717, 1.165) is 21.8 Å². The average Bonchev–Trinajstić information content (AvgIpc) is 3.18. The van der Waals surface area contributed by atoms with Gasteiger partial charge in [-0.1, -0.05) is 23.7 Å². The average molecular weight is 356 g/mol. The summed E-state index contributed by atoms with van der Waals surface area (Å²) >= 11 is 7.70. The van der Waals surface area contributed by atoms with Gasteiger partial charge >= 0.3 is 0 Å². The fraction of sp³-hybridized carbons (Fsp3) is 0.111. The number of benzene rings is 2. The first-order valence-electron chi connectivity index (χ1n) is 7.49. The number of aromatic nitrogens is 2. The first-order valence-corrected chi connectivity index (χ1v) is 8.68. The van der Waals surface area contributed by atoms with Crippen molar-refractivity contribution in [3.8, 4) is 11.3 Å². The Hall–Kier alpha value is -2.37. The zero-order valence-electron chi connectivity index (χ0n) is 12.9. The van der Waals surface area contributed by atoms with Crippen LogP contribution in [0.2, 0.25) is 5.02 Å². The molecule has 0 aliphatic heterocycles. The zero-order chi connectivity index (χ0) is 16.5. The van der Waals surface area contributed by atoms with Crippen molar-refractivity contribution >= 4 is 38.8 Å². The van der Waals surface area contributed by atoms with Gasteiger partial charge < -0.3 is 9.73 Å².